The molecule has 1 N–H and O–H groups in total. The maximum atomic E-state index is 13.2. The van der Waals surface area contributed by atoms with E-state index >= 15 is 0 Å². The van der Waals surface area contributed by atoms with Crippen LogP contribution in [0.1, 0.15) is 46.5 Å². The highest BCUT2D eigenvalue weighted by molar-refractivity contribution is 6.35. The van der Waals surface area contributed by atoms with Crippen LogP contribution >= 0.6 is 0 Å². The van der Waals surface area contributed by atoms with Gasteiger partial charge < -0.3 is 15.1 Å². The third-order valence-electron chi connectivity index (χ3n) is 5.08. The summed E-state index contributed by atoms with van der Waals surface area (Å²) in [5.74, 6) is -1.26. The lowest BCUT2D eigenvalue weighted by molar-refractivity contribution is -0.153. The molecule has 0 aliphatic carbocycles. The average molecular weight is 337 g/mol. The smallest absolute Gasteiger partial charge is 0.290 e. The Morgan fingerprint density at radius 2 is 1.88 bits per heavy atom. The van der Waals surface area contributed by atoms with Crippen molar-refractivity contribution in [1.82, 2.24) is 15.1 Å². The number of Topliss-reactive ketones (excluding diaryl/α,β-unsaturated/α-hetero) is 1. The van der Waals surface area contributed by atoms with Gasteiger partial charge in [-0.1, -0.05) is 13.8 Å². The van der Waals surface area contributed by atoms with Gasteiger partial charge in [-0.2, -0.15) is 0 Å². The van der Waals surface area contributed by atoms with Crippen molar-refractivity contribution in [1.29, 1.82) is 0 Å². The molecule has 0 unspecified atom stereocenters. The minimum Gasteiger partial charge on any atom is -0.357 e. The first-order valence-corrected chi connectivity index (χ1v) is 8.59. The number of nitrogens with zero attached hydrogens (tertiary/aromatic N) is 2. The number of hydrogen-bond donors (Lipinski definition) is 1. The van der Waals surface area contributed by atoms with Crippen molar-refractivity contribution in [2.75, 3.05) is 20.1 Å². The number of carbonyl (C=O) groups is 4. The molecule has 2 saturated heterocycles. The van der Waals surface area contributed by atoms with Crippen LogP contribution in [0.4, 0.5) is 0 Å². The molecule has 0 aromatic carbocycles. The first-order chi connectivity index (χ1) is 11.2. The molecule has 2 atom stereocenters. The zero-order chi connectivity index (χ0) is 18.1. The maximum Gasteiger partial charge on any atom is 0.290 e. The minimum absolute atomic E-state index is 0.184. The molecular weight excluding hydrogens is 310 g/mol. The van der Waals surface area contributed by atoms with E-state index in [0.717, 1.165) is 0 Å². The molecular formula is C17H27N3O4. The molecule has 0 aromatic rings. The van der Waals surface area contributed by atoms with Crippen LogP contribution in [0.15, 0.2) is 0 Å². The van der Waals surface area contributed by atoms with E-state index in [1.54, 1.807) is 11.9 Å². The summed E-state index contributed by atoms with van der Waals surface area (Å²) >= 11 is 0. The molecule has 0 radical (unpaired) electrons. The third kappa shape index (κ3) is 3.03. The van der Waals surface area contributed by atoms with Gasteiger partial charge in [0, 0.05) is 27.1 Å². The van der Waals surface area contributed by atoms with E-state index in [1.165, 1.54) is 11.8 Å². The number of ketones is 1. The predicted molar refractivity (Wildman–Crippen MR) is 88.0 cm³/mol. The van der Waals surface area contributed by atoms with Gasteiger partial charge in [0.1, 0.15) is 11.6 Å². The highest BCUT2D eigenvalue weighted by Crippen LogP contribution is 2.40. The lowest BCUT2D eigenvalue weighted by Gasteiger charge is -2.34. The highest BCUT2D eigenvalue weighted by atomic mass is 16.2. The maximum absolute atomic E-state index is 13.2. The predicted octanol–water partition coefficient (Wildman–Crippen LogP) is 0.330. The summed E-state index contributed by atoms with van der Waals surface area (Å²) in [6.07, 6.45) is 2.31. The van der Waals surface area contributed by atoms with Crippen LogP contribution in [-0.4, -0.2) is 65.0 Å². The third-order valence-corrected chi connectivity index (χ3v) is 5.08. The zero-order valence-electron chi connectivity index (χ0n) is 14.9. The molecule has 2 rings (SSSR count). The second kappa shape index (κ2) is 6.91. The van der Waals surface area contributed by atoms with Crippen molar-refractivity contribution in [3.63, 3.8) is 0 Å². The Labute approximate surface area is 142 Å². The van der Waals surface area contributed by atoms with E-state index in [4.69, 9.17) is 0 Å². The molecule has 24 heavy (non-hydrogen) atoms. The van der Waals surface area contributed by atoms with Crippen LogP contribution in [0.3, 0.4) is 0 Å². The Morgan fingerprint density at radius 1 is 1.21 bits per heavy atom. The van der Waals surface area contributed by atoms with Crippen molar-refractivity contribution in [2.24, 2.45) is 5.92 Å². The number of amides is 3. The molecule has 0 aromatic heterocycles. The average Bonchev–Trinajstić information content (AvgIpc) is 3.09. The molecule has 7 nitrogen and oxygen atoms in total. The SMILES string of the molecule is CNC(=O)[C@H](CC(C)C)N1CC[C@]2(CCCN2C(=O)C(C)=O)C1=O. The van der Waals surface area contributed by atoms with Crippen molar-refractivity contribution < 1.29 is 19.2 Å². The minimum atomic E-state index is -0.938. The van der Waals surface area contributed by atoms with Gasteiger partial charge in [0.25, 0.3) is 5.91 Å². The van der Waals surface area contributed by atoms with E-state index in [2.05, 4.69) is 5.32 Å². The zero-order valence-corrected chi connectivity index (χ0v) is 14.9. The second-order valence-corrected chi connectivity index (χ2v) is 7.16. The molecule has 1 spiro atoms. The fourth-order valence-electron chi connectivity index (χ4n) is 3.91. The van der Waals surface area contributed by atoms with Gasteiger partial charge in [-0.05, 0) is 31.6 Å². The van der Waals surface area contributed by atoms with E-state index < -0.39 is 23.3 Å². The monoisotopic (exact) mass is 337 g/mol. The molecule has 0 bridgehead atoms. The van der Waals surface area contributed by atoms with Crippen LogP contribution in [0.2, 0.25) is 0 Å². The number of likely N-dealkylation sites (tertiary alicyclic amines) is 2. The molecule has 2 aliphatic heterocycles. The molecule has 3 amide bonds. The summed E-state index contributed by atoms with van der Waals surface area (Å²) < 4.78 is 0. The van der Waals surface area contributed by atoms with E-state index in [0.29, 0.717) is 38.8 Å². The van der Waals surface area contributed by atoms with Gasteiger partial charge in [-0.25, -0.2) is 0 Å². The Kier molecular flexibility index (Phi) is 5.30. The van der Waals surface area contributed by atoms with Crippen LogP contribution in [0, 0.1) is 5.92 Å². The van der Waals surface area contributed by atoms with Crippen LogP contribution in [-0.2, 0) is 19.2 Å². The summed E-state index contributed by atoms with van der Waals surface area (Å²) in [6, 6.07) is -0.531. The number of carbonyl (C=O) groups excluding carboxylic acids is 4. The van der Waals surface area contributed by atoms with Gasteiger partial charge in [-0.3, -0.25) is 19.2 Å². The molecule has 2 aliphatic rings. The van der Waals surface area contributed by atoms with E-state index in [-0.39, 0.29) is 17.7 Å². The molecule has 2 heterocycles. The second-order valence-electron chi connectivity index (χ2n) is 7.16. The largest absolute Gasteiger partial charge is 0.357 e. The van der Waals surface area contributed by atoms with Gasteiger partial charge in [0.15, 0.2) is 0 Å². The topological polar surface area (TPSA) is 86.8 Å². The molecule has 2 fully saturated rings. The summed E-state index contributed by atoms with van der Waals surface area (Å²) in [5, 5.41) is 2.63. The van der Waals surface area contributed by atoms with E-state index in [1.807, 2.05) is 13.8 Å². The first-order valence-electron chi connectivity index (χ1n) is 8.59. The Morgan fingerprint density at radius 3 is 2.42 bits per heavy atom. The molecule has 134 valence electrons. The number of nitrogens with one attached hydrogen (secondary N) is 1. The summed E-state index contributed by atoms with van der Waals surface area (Å²) in [5.41, 5.74) is -0.938. The fraction of sp³-hybridized carbons (Fsp3) is 0.765. The molecule has 7 heteroatoms. The van der Waals surface area contributed by atoms with Crippen molar-refractivity contribution in [3.05, 3.63) is 0 Å². The van der Waals surface area contributed by atoms with Crippen LogP contribution in [0.5, 0.6) is 0 Å². The van der Waals surface area contributed by atoms with Crippen molar-refractivity contribution in [3.8, 4) is 0 Å². The lowest BCUT2D eigenvalue weighted by atomic mass is 9.93. The quantitative estimate of drug-likeness (QED) is 0.733. The Balaban J connectivity index is 2.28. The Bertz CT molecular complexity index is 560. The summed E-state index contributed by atoms with van der Waals surface area (Å²) in [4.78, 5) is 52.2. The summed E-state index contributed by atoms with van der Waals surface area (Å²) in [6.45, 7) is 6.11. The van der Waals surface area contributed by atoms with E-state index in [9.17, 15) is 19.2 Å². The first kappa shape index (κ1) is 18.4. The number of likely N-dealkylation sites (N-methyl/N-ethyl adjacent to an activating group) is 1. The highest BCUT2D eigenvalue weighted by Gasteiger charge is 2.57. The van der Waals surface area contributed by atoms with Gasteiger partial charge in [0.2, 0.25) is 17.6 Å². The van der Waals surface area contributed by atoms with Gasteiger partial charge in [0.05, 0.1) is 0 Å². The lowest BCUT2D eigenvalue weighted by Crippen LogP contribution is -2.57. The van der Waals surface area contributed by atoms with Gasteiger partial charge >= 0.3 is 0 Å². The Hall–Kier alpha value is -1.92. The molecule has 0 saturated carbocycles. The number of rotatable bonds is 5. The standard InChI is InChI=1S/C17H27N3O4/c1-11(2)10-13(14(22)18-4)19-9-7-17(16(19)24)6-5-8-20(17)15(23)12(3)21/h11,13H,5-10H2,1-4H3,(H,18,22)/t13-,17+/m0/s1. The number of hydrogen-bond acceptors (Lipinski definition) is 4. The van der Waals surface area contributed by atoms with Crippen LogP contribution in [0.25, 0.3) is 0 Å². The summed E-state index contributed by atoms with van der Waals surface area (Å²) in [7, 11) is 1.56. The van der Waals surface area contributed by atoms with Crippen molar-refractivity contribution >= 4 is 23.5 Å². The van der Waals surface area contributed by atoms with Crippen molar-refractivity contribution in [2.45, 2.75) is 58.0 Å². The normalized spacial score (nSPS) is 24.8. The fourth-order valence-corrected chi connectivity index (χ4v) is 3.91. The van der Waals surface area contributed by atoms with Crippen LogP contribution < -0.4 is 5.32 Å². The van der Waals surface area contributed by atoms with Gasteiger partial charge in [-0.15, -0.1) is 0 Å².